The van der Waals surface area contributed by atoms with Crippen LogP contribution in [-0.2, 0) is 25.5 Å². The largest absolute Gasteiger partial charge is 0.402 e. The van der Waals surface area contributed by atoms with Crippen LogP contribution in [0.4, 0.5) is 0 Å². The molecular formula is C30H48N6O4. The third-order valence-corrected chi connectivity index (χ3v) is 5.92. The summed E-state index contributed by atoms with van der Waals surface area (Å²) in [4.78, 5) is 37.4. The SMILES string of the molecule is C=C(N)CC(C)OCNC(=O)CNC(=O)C(Cc1ccccc1)NC(=C)CNC(=O)CNC(=C)CCCCCC. The molecule has 0 bridgehead atoms. The maximum absolute atomic E-state index is 13.0. The van der Waals surface area contributed by atoms with Crippen molar-refractivity contribution in [1.29, 1.82) is 0 Å². The second-order valence-electron chi connectivity index (χ2n) is 9.84. The van der Waals surface area contributed by atoms with Gasteiger partial charge in [-0.25, -0.2) is 0 Å². The number of nitrogens with one attached hydrogen (secondary N) is 5. The smallest absolute Gasteiger partial charge is 0.243 e. The first kappa shape index (κ1) is 34.2. The fourth-order valence-corrected chi connectivity index (χ4v) is 3.73. The van der Waals surface area contributed by atoms with Crippen LogP contribution in [-0.4, -0.2) is 56.2 Å². The lowest BCUT2D eigenvalue weighted by Crippen LogP contribution is -2.49. The number of nitrogens with two attached hydrogens (primary N) is 1. The molecular weight excluding hydrogens is 508 g/mol. The molecule has 10 heteroatoms. The first-order valence-corrected chi connectivity index (χ1v) is 13.9. The number of ether oxygens (including phenoxy) is 1. The average molecular weight is 557 g/mol. The number of allylic oxidation sites excluding steroid dienone is 1. The zero-order valence-electron chi connectivity index (χ0n) is 24.2. The minimum Gasteiger partial charge on any atom is -0.402 e. The third kappa shape index (κ3) is 16.9. The molecule has 0 radical (unpaired) electrons. The lowest BCUT2D eigenvalue weighted by molar-refractivity contribution is -0.128. The molecule has 0 aliphatic heterocycles. The van der Waals surface area contributed by atoms with Crippen LogP contribution in [0.1, 0.15) is 57.9 Å². The van der Waals surface area contributed by atoms with Gasteiger partial charge in [0.25, 0.3) is 0 Å². The van der Waals surface area contributed by atoms with E-state index < -0.39 is 11.9 Å². The lowest BCUT2D eigenvalue weighted by Gasteiger charge is -2.21. The molecule has 10 nitrogen and oxygen atoms in total. The first-order chi connectivity index (χ1) is 19.1. The molecule has 40 heavy (non-hydrogen) atoms. The van der Waals surface area contributed by atoms with E-state index in [1.165, 1.54) is 12.8 Å². The van der Waals surface area contributed by atoms with Crippen LogP contribution in [0.15, 0.2) is 67.2 Å². The van der Waals surface area contributed by atoms with E-state index in [0.717, 1.165) is 30.5 Å². The number of carbonyl (C=O) groups is 3. The Labute approximate surface area is 239 Å². The maximum atomic E-state index is 13.0. The van der Waals surface area contributed by atoms with Crippen molar-refractivity contribution in [2.45, 2.75) is 70.9 Å². The Morgan fingerprint density at radius 1 is 0.875 bits per heavy atom. The van der Waals surface area contributed by atoms with Crippen LogP contribution in [0.3, 0.4) is 0 Å². The van der Waals surface area contributed by atoms with E-state index in [2.05, 4.69) is 53.2 Å². The van der Waals surface area contributed by atoms with Gasteiger partial charge in [0.2, 0.25) is 17.7 Å². The second kappa shape index (κ2) is 20.2. The molecule has 1 aromatic rings. The van der Waals surface area contributed by atoms with Crippen molar-refractivity contribution < 1.29 is 19.1 Å². The highest BCUT2D eigenvalue weighted by Crippen LogP contribution is 2.07. The predicted octanol–water partition coefficient (Wildman–Crippen LogP) is 2.35. The van der Waals surface area contributed by atoms with Gasteiger partial charge in [0.1, 0.15) is 12.8 Å². The van der Waals surface area contributed by atoms with E-state index in [9.17, 15) is 14.4 Å². The maximum Gasteiger partial charge on any atom is 0.243 e. The van der Waals surface area contributed by atoms with Crippen LogP contribution < -0.4 is 32.3 Å². The molecule has 7 N–H and O–H groups in total. The summed E-state index contributed by atoms with van der Waals surface area (Å²) in [5.41, 5.74) is 8.30. The van der Waals surface area contributed by atoms with Gasteiger partial charge in [-0.1, -0.05) is 76.3 Å². The molecule has 0 aromatic heterocycles. The van der Waals surface area contributed by atoms with E-state index in [4.69, 9.17) is 10.5 Å². The molecule has 0 aliphatic rings. The summed E-state index contributed by atoms with van der Waals surface area (Å²) >= 11 is 0. The summed E-state index contributed by atoms with van der Waals surface area (Å²) in [5, 5.41) is 14.2. The molecule has 3 amide bonds. The van der Waals surface area contributed by atoms with Gasteiger partial charge in [-0.2, -0.15) is 0 Å². The number of hydrogen-bond donors (Lipinski definition) is 6. The Kier molecular flexibility index (Phi) is 17.3. The number of amides is 3. The normalized spacial score (nSPS) is 11.9. The van der Waals surface area contributed by atoms with Crippen LogP contribution in [0.5, 0.6) is 0 Å². The van der Waals surface area contributed by atoms with E-state index in [0.29, 0.717) is 24.2 Å². The lowest BCUT2D eigenvalue weighted by atomic mass is 10.0. The Morgan fingerprint density at radius 3 is 2.23 bits per heavy atom. The van der Waals surface area contributed by atoms with E-state index in [1.807, 2.05) is 37.3 Å². The van der Waals surface area contributed by atoms with Crippen molar-refractivity contribution in [2.75, 3.05) is 26.4 Å². The topological polar surface area (TPSA) is 147 Å². The highest BCUT2D eigenvalue weighted by Gasteiger charge is 2.20. The van der Waals surface area contributed by atoms with Crippen LogP contribution >= 0.6 is 0 Å². The van der Waals surface area contributed by atoms with Crippen LogP contribution in [0, 0.1) is 0 Å². The van der Waals surface area contributed by atoms with Gasteiger partial charge in [0.05, 0.1) is 25.7 Å². The van der Waals surface area contributed by atoms with Gasteiger partial charge in [-0.15, -0.1) is 0 Å². The highest BCUT2D eigenvalue weighted by molar-refractivity contribution is 5.87. The quantitative estimate of drug-likeness (QED) is 0.0949. The highest BCUT2D eigenvalue weighted by atomic mass is 16.5. The average Bonchev–Trinajstić information content (AvgIpc) is 2.91. The minimum atomic E-state index is -0.701. The summed E-state index contributed by atoms with van der Waals surface area (Å²) in [7, 11) is 0. The standard InChI is InChI=1S/C30H48N6O4/c1-6-7-8-10-13-23(3)32-19-28(37)33-18-24(4)36-27(17-26-14-11-9-12-15-26)30(39)34-20-29(38)35-21-40-25(5)16-22(2)31/h9,11-12,14-15,25,27,32,36H,2-4,6-8,10,13,16-21,31H2,1,5H3,(H,33,37)(H,34,39)(H,35,38). The number of carbonyl (C=O) groups excluding carboxylic acids is 3. The van der Waals surface area contributed by atoms with Crippen molar-refractivity contribution >= 4 is 17.7 Å². The zero-order chi connectivity index (χ0) is 29.8. The molecule has 1 rings (SSSR count). The van der Waals surface area contributed by atoms with Gasteiger partial charge in [-0.05, 0) is 25.3 Å². The Balaban J connectivity index is 2.51. The Hall–Kier alpha value is -3.79. The van der Waals surface area contributed by atoms with Crippen LogP contribution in [0.2, 0.25) is 0 Å². The van der Waals surface area contributed by atoms with Crippen molar-refractivity contribution in [3.8, 4) is 0 Å². The summed E-state index contributed by atoms with van der Waals surface area (Å²) < 4.78 is 5.46. The van der Waals surface area contributed by atoms with E-state index >= 15 is 0 Å². The number of rotatable bonds is 22. The molecule has 2 atom stereocenters. The number of hydrogen-bond acceptors (Lipinski definition) is 7. The van der Waals surface area contributed by atoms with Gasteiger partial charge >= 0.3 is 0 Å². The van der Waals surface area contributed by atoms with Crippen molar-refractivity contribution in [2.24, 2.45) is 5.73 Å². The van der Waals surface area contributed by atoms with Gasteiger partial charge in [0, 0.05) is 29.9 Å². The van der Waals surface area contributed by atoms with Crippen molar-refractivity contribution in [3.63, 3.8) is 0 Å². The van der Waals surface area contributed by atoms with Gasteiger partial charge < -0.3 is 37.1 Å². The molecule has 0 fully saturated rings. The van der Waals surface area contributed by atoms with Crippen molar-refractivity contribution in [1.82, 2.24) is 26.6 Å². The van der Waals surface area contributed by atoms with Gasteiger partial charge in [-0.3, -0.25) is 14.4 Å². The molecule has 0 aliphatic carbocycles. The van der Waals surface area contributed by atoms with E-state index in [-0.39, 0.29) is 44.3 Å². The van der Waals surface area contributed by atoms with E-state index in [1.54, 1.807) is 0 Å². The molecule has 1 aromatic carbocycles. The summed E-state index contributed by atoms with van der Waals surface area (Å²) in [6, 6.07) is 8.79. The first-order valence-electron chi connectivity index (χ1n) is 13.9. The molecule has 0 saturated heterocycles. The fraction of sp³-hybridized carbons (Fsp3) is 0.500. The Bertz CT molecular complexity index is 966. The third-order valence-electron chi connectivity index (χ3n) is 5.92. The summed E-state index contributed by atoms with van der Waals surface area (Å²) in [6.07, 6.45) is 6.06. The number of benzene rings is 1. The number of unbranched alkanes of at least 4 members (excludes halogenated alkanes) is 3. The second-order valence-corrected chi connectivity index (χ2v) is 9.84. The molecule has 0 saturated carbocycles. The zero-order valence-corrected chi connectivity index (χ0v) is 24.2. The van der Waals surface area contributed by atoms with Crippen molar-refractivity contribution in [3.05, 3.63) is 72.7 Å². The molecule has 0 spiro atoms. The monoisotopic (exact) mass is 556 g/mol. The Morgan fingerprint density at radius 2 is 1.55 bits per heavy atom. The summed E-state index contributed by atoms with van der Waals surface area (Å²) in [6.45, 7) is 15.6. The minimum absolute atomic E-state index is 0.00753. The molecule has 0 heterocycles. The fourth-order valence-electron chi connectivity index (χ4n) is 3.73. The molecule has 2 unspecified atom stereocenters. The summed E-state index contributed by atoms with van der Waals surface area (Å²) in [5.74, 6) is -0.969. The predicted molar refractivity (Wildman–Crippen MR) is 160 cm³/mol. The van der Waals surface area contributed by atoms with Gasteiger partial charge in [0.15, 0.2) is 0 Å². The van der Waals surface area contributed by atoms with Crippen LogP contribution in [0.25, 0.3) is 0 Å². The molecule has 222 valence electrons.